The maximum atomic E-state index is 5.65. The fourth-order valence-electron chi connectivity index (χ4n) is 2.92. The predicted molar refractivity (Wildman–Crippen MR) is 85.5 cm³/mol. The van der Waals surface area contributed by atoms with E-state index >= 15 is 0 Å². The zero-order valence-electron chi connectivity index (χ0n) is 13.1. The third-order valence-corrected chi connectivity index (χ3v) is 4.04. The summed E-state index contributed by atoms with van der Waals surface area (Å²) in [6.07, 6.45) is 2.85. The SMILES string of the molecule is CCN(c1cccc(C)c1)C(C)CNCC1CCCO1. The molecule has 1 saturated heterocycles. The molecule has 1 aliphatic heterocycles. The number of rotatable bonds is 7. The molecule has 3 heteroatoms. The number of benzene rings is 1. The summed E-state index contributed by atoms with van der Waals surface area (Å²) in [5, 5.41) is 3.56. The first-order valence-corrected chi connectivity index (χ1v) is 7.86. The van der Waals surface area contributed by atoms with Gasteiger partial charge in [0.25, 0.3) is 0 Å². The smallest absolute Gasteiger partial charge is 0.0700 e. The predicted octanol–water partition coefficient (Wildman–Crippen LogP) is 2.98. The van der Waals surface area contributed by atoms with E-state index in [2.05, 4.69) is 55.3 Å². The van der Waals surface area contributed by atoms with Crippen molar-refractivity contribution in [2.75, 3.05) is 31.1 Å². The van der Waals surface area contributed by atoms with Gasteiger partial charge < -0.3 is 15.0 Å². The Kier molecular flexibility index (Phi) is 5.86. The van der Waals surface area contributed by atoms with Gasteiger partial charge in [-0.15, -0.1) is 0 Å². The highest BCUT2D eigenvalue weighted by atomic mass is 16.5. The first-order valence-electron chi connectivity index (χ1n) is 7.86. The van der Waals surface area contributed by atoms with E-state index in [1.807, 2.05) is 0 Å². The van der Waals surface area contributed by atoms with Crippen LogP contribution in [-0.4, -0.2) is 38.4 Å². The van der Waals surface area contributed by atoms with Gasteiger partial charge in [0.1, 0.15) is 0 Å². The quantitative estimate of drug-likeness (QED) is 0.828. The van der Waals surface area contributed by atoms with Crippen molar-refractivity contribution in [2.45, 2.75) is 45.8 Å². The lowest BCUT2D eigenvalue weighted by Crippen LogP contribution is -2.42. The second kappa shape index (κ2) is 7.65. The molecule has 20 heavy (non-hydrogen) atoms. The summed E-state index contributed by atoms with van der Waals surface area (Å²) in [7, 11) is 0. The topological polar surface area (TPSA) is 24.5 Å². The molecule has 1 aromatic rings. The molecule has 1 fully saturated rings. The van der Waals surface area contributed by atoms with Crippen LogP contribution in [0.5, 0.6) is 0 Å². The van der Waals surface area contributed by atoms with E-state index in [1.165, 1.54) is 24.1 Å². The van der Waals surface area contributed by atoms with E-state index in [9.17, 15) is 0 Å². The van der Waals surface area contributed by atoms with Crippen molar-refractivity contribution < 1.29 is 4.74 Å². The van der Waals surface area contributed by atoms with Crippen LogP contribution in [0.3, 0.4) is 0 Å². The van der Waals surface area contributed by atoms with Gasteiger partial charge in [-0.1, -0.05) is 12.1 Å². The van der Waals surface area contributed by atoms with Crippen LogP contribution in [0.15, 0.2) is 24.3 Å². The maximum absolute atomic E-state index is 5.65. The molecule has 0 spiro atoms. The van der Waals surface area contributed by atoms with E-state index < -0.39 is 0 Å². The molecule has 0 amide bonds. The Hall–Kier alpha value is -1.06. The van der Waals surface area contributed by atoms with Crippen LogP contribution in [0.2, 0.25) is 0 Å². The highest BCUT2D eigenvalue weighted by Crippen LogP contribution is 2.18. The third kappa shape index (κ3) is 4.22. The molecule has 2 atom stereocenters. The number of nitrogens with one attached hydrogen (secondary N) is 1. The summed E-state index contributed by atoms with van der Waals surface area (Å²) < 4.78 is 5.65. The molecule has 1 N–H and O–H groups in total. The number of hydrogen-bond donors (Lipinski definition) is 1. The summed E-state index contributed by atoms with van der Waals surface area (Å²) in [5.74, 6) is 0. The van der Waals surface area contributed by atoms with Crippen LogP contribution < -0.4 is 10.2 Å². The fraction of sp³-hybridized carbons (Fsp3) is 0.647. The van der Waals surface area contributed by atoms with Crippen molar-refractivity contribution in [2.24, 2.45) is 0 Å². The van der Waals surface area contributed by atoms with E-state index in [4.69, 9.17) is 4.74 Å². The number of anilines is 1. The van der Waals surface area contributed by atoms with Crippen LogP contribution in [0.4, 0.5) is 5.69 Å². The van der Waals surface area contributed by atoms with Gasteiger partial charge in [-0.05, 0) is 51.3 Å². The minimum Gasteiger partial charge on any atom is -0.377 e. The van der Waals surface area contributed by atoms with Gasteiger partial charge in [0.2, 0.25) is 0 Å². The third-order valence-electron chi connectivity index (χ3n) is 4.04. The number of likely N-dealkylation sites (N-methyl/N-ethyl adjacent to an activating group) is 1. The van der Waals surface area contributed by atoms with Gasteiger partial charge in [-0.3, -0.25) is 0 Å². The van der Waals surface area contributed by atoms with E-state index in [-0.39, 0.29) is 0 Å². The maximum Gasteiger partial charge on any atom is 0.0700 e. The Bertz CT molecular complexity index is 402. The average Bonchev–Trinajstić information content (AvgIpc) is 2.93. The minimum absolute atomic E-state index is 0.427. The molecule has 1 aromatic carbocycles. The second-order valence-electron chi connectivity index (χ2n) is 5.77. The Morgan fingerprint density at radius 1 is 1.45 bits per heavy atom. The second-order valence-corrected chi connectivity index (χ2v) is 5.77. The summed E-state index contributed by atoms with van der Waals surface area (Å²) in [6, 6.07) is 9.24. The molecule has 0 aromatic heterocycles. The van der Waals surface area contributed by atoms with Gasteiger partial charge >= 0.3 is 0 Å². The fourth-order valence-corrected chi connectivity index (χ4v) is 2.92. The molecule has 3 nitrogen and oxygen atoms in total. The van der Waals surface area contributed by atoms with E-state index in [1.54, 1.807) is 0 Å². The zero-order valence-corrected chi connectivity index (χ0v) is 13.1. The summed E-state index contributed by atoms with van der Waals surface area (Å²) in [5.41, 5.74) is 2.64. The molecule has 0 saturated carbocycles. The van der Waals surface area contributed by atoms with Crippen molar-refractivity contribution >= 4 is 5.69 Å². The van der Waals surface area contributed by atoms with Crippen LogP contribution in [-0.2, 0) is 4.74 Å². The summed E-state index contributed by atoms with van der Waals surface area (Å²) in [6.45, 7) is 10.6. The van der Waals surface area contributed by atoms with Gasteiger partial charge in [-0.25, -0.2) is 0 Å². The molecule has 1 heterocycles. The Morgan fingerprint density at radius 2 is 2.30 bits per heavy atom. The molecule has 2 unspecified atom stereocenters. The Balaban J connectivity index is 1.83. The number of hydrogen-bond acceptors (Lipinski definition) is 3. The molecular formula is C17H28N2O. The van der Waals surface area contributed by atoms with Crippen LogP contribution in [0.1, 0.15) is 32.3 Å². The lowest BCUT2D eigenvalue weighted by molar-refractivity contribution is 0.110. The largest absolute Gasteiger partial charge is 0.377 e. The Morgan fingerprint density at radius 3 is 2.95 bits per heavy atom. The first-order chi connectivity index (χ1) is 9.70. The Labute approximate surface area is 123 Å². The highest BCUT2D eigenvalue weighted by molar-refractivity contribution is 5.49. The average molecular weight is 276 g/mol. The molecule has 0 bridgehead atoms. The normalized spacial score (nSPS) is 20.1. The van der Waals surface area contributed by atoms with E-state index in [0.717, 1.165) is 26.2 Å². The zero-order chi connectivity index (χ0) is 14.4. The van der Waals surface area contributed by atoms with Gasteiger partial charge in [0.05, 0.1) is 6.10 Å². The lowest BCUT2D eigenvalue weighted by atomic mass is 10.1. The minimum atomic E-state index is 0.427. The first kappa shape index (κ1) is 15.3. The van der Waals surface area contributed by atoms with Crippen LogP contribution in [0, 0.1) is 6.92 Å². The summed E-state index contributed by atoms with van der Waals surface area (Å²) in [4.78, 5) is 2.45. The van der Waals surface area contributed by atoms with Crippen LogP contribution in [0.25, 0.3) is 0 Å². The van der Waals surface area contributed by atoms with Gasteiger partial charge in [-0.2, -0.15) is 0 Å². The molecule has 0 aliphatic carbocycles. The van der Waals surface area contributed by atoms with Crippen LogP contribution >= 0.6 is 0 Å². The lowest BCUT2D eigenvalue weighted by Gasteiger charge is -2.31. The standard InChI is InChI=1S/C17H28N2O/c1-4-19(16-8-5-7-14(2)11-16)15(3)12-18-13-17-9-6-10-20-17/h5,7-8,11,15,17-18H,4,6,9-10,12-13H2,1-3H3. The van der Waals surface area contributed by atoms with Crippen molar-refractivity contribution in [1.82, 2.24) is 5.32 Å². The number of nitrogens with zero attached hydrogens (tertiary/aromatic N) is 1. The molecule has 2 rings (SSSR count). The molecule has 1 aliphatic rings. The van der Waals surface area contributed by atoms with Gasteiger partial charge in [0, 0.05) is 38.0 Å². The molecule has 112 valence electrons. The van der Waals surface area contributed by atoms with Crippen molar-refractivity contribution in [3.8, 4) is 0 Å². The van der Waals surface area contributed by atoms with Crippen molar-refractivity contribution in [1.29, 1.82) is 0 Å². The van der Waals surface area contributed by atoms with Crippen molar-refractivity contribution in [3.63, 3.8) is 0 Å². The van der Waals surface area contributed by atoms with Gasteiger partial charge in [0.15, 0.2) is 0 Å². The number of ether oxygens (including phenoxy) is 1. The highest BCUT2D eigenvalue weighted by Gasteiger charge is 2.17. The van der Waals surface area contributed by atoms with E-state index in [0.29, 0.717) is 12.1 Å². The molecular weight excluding hydrogens is 248 g/mol. The summed E-state index contributed by atoms with van der Waals surface area (Å²) >= 11 is 0. The van der Waals surface area contributed by atoms with Crippen molar-refractivity contribution in [3.05, 3.63) is 29.8 Å². The monoisotopic (exact) mass is 276 g/mol. The molecule has 0 radical (unpaired) electrons. The number of aryl methyl sites for hydroxylation is 1.